The van der Waals surface area contributed by atoms with E-state index in [0.29, 0.717) is 17.9 Å². The van der Waals surface area contributed by atoms with Gasteiger partial charge < -0.3 is 10.5 Å². The minimum Gasteiger partial charge on any atom is -0.487 e. The van der Waals surface area contributed by atoms with Crippen molar-refractivity contribution < 1.29 is 9.13 Å². The number of aromatic nitrogens is 1. The summed E-state index contributed by atoms with van der Waals surface area (Å²) in [5, 5.41) is 0. The summed E-state index contributed by atoms with van der Waals surface area (Å²) in [5.74, 6) is 5.63. The van der Waals surface area contributed by atoms with E-state index in [9.17, 15) is 4.39 Å². The zero-order valence-corrected chi connectivity index (χ0v) is 10.3. The maximum Gasteiger partial charge on any atom is 0.138 e. The molecule has 2 N–H and O–H groups in total. The highest BCUT2D eigenvalue weighted by Gasteiger charge is 2.04. The maximum atomic E-state index is 13.2. The van der Waals surface area contributed by atoms with Gasteiger partial charge in [0, 0.05) is 24.0 Å². The molecule has 0 spiro atoms. The minimum atomic E-state index is -0.362. The third-order valence-corrected chi connectivity index (χ3v) is 2.39. The summed E-state index contributed by atoms with van der Waals surface area (Å²) in [6.45, 7) is 0.564. The fourth-order valence-electron chi connectivity index (χ4n) is 1.51. The van der Waals surface area contributed by atoms with Crippen molar-refractivity contribution in [2.45, 2.75) is 6.61 Å². The van der Waals surface area contributed by atoms with Crippen molar-refractivity contribution in [1.29, 1.82) is 0 Å². The maximum absolute atomic E-state index is 13.2. The Hall–Kier alpha value is -2.38. The minimum absolute atomic E-state index is 0.249. The molecule has 1 heterocycles. The Morgan fingerprint density at radius 1 is 1.32 bits per heavy atom. The molecule has 2 aromatic rings. The molecule has 96 valence electrons. The number of nitrogens with two attached hydrogens (primary N) is 1. The molecule has 19 heavy (non-hydrogen) atoms. The summed E-state index contributed by atoms with van der Waals surface area (Å²) in [6, 6.07) is 7.95. The van der Waals surface area contributed by atoms with E-state index in [1.54, 1.807) is 18.5 Å². The van der Waals surface area contributed by atoms with Crippen molar-refractivity contribution >= 4 is 0 Å². The molecule has 0 amide bonds. The second-order valence-corrected chi connectivity index (χ2v) is 3.80. The van der Waals surface area contributed by atoms with Crippen molar-refractivity contribution in [3.8, 4) is 17.6 Å². The zero-order chi connectivity index (χ0) is 13.5. The van der Waals surface area contributed by atoms with Crippen LogP contribution in [-0.4, -0.2) is 11.5 Å². The van der Waals surface area contributed by atoms with E-state index >= 15 is 0 Å². The van der Waals surface area contributed by atoms with Crippen LogP contribution in [0.2, 0.25) is 0 Å². The molecule has 4 heteroatoms. The summed E-state index contributed by atoms with van der Waals surface area (Å²) >= 11 is 0. The van der Waals surface area contributed by atoms with E-state index in [-0.39, 0.29) is 12.4 Å². The average Bonchev–Trinajstić information content (AvgIpc) is 2.45. The topological polar surface area (TPSA) is 48.1 Å². The summed E-state index contributed by atoms with van der Waals surface area (Å²) < 4.78 is 18.8. The zero-order valence-electron chi connectivity index (χ0n) is 10.3. The van der Waals surface area contributed by atoms with Crippen LogP contribution in [0.5, 0.6) is 5.75 Å². The lowest BCUT2D eigenvalue weighted by Crippen LogP contribution is -1.99. The lowest BCUT2D eigenvalue weighted by atomic mass is 10.2. The molecular formula is C15H13FN2O. The van der Waals surface area contributed by atoms with E-state index in [4.69, 9.17) is 10.5 Å². The number of halogens is 1. The standard InChI is InChI=1S/C15H13FN2O/c16-14-6-5-13(4-1-7-17)15(9-14)19-11-12-3-2-8-18-10-12/h2-3,5-6,8-10H,7,11,17H2. The first-order chi connectivity index (χ1) is 9.29. The van der Waals surface area contributed by atoms with Crippen molar-refractivity contribution in [2.24, 2.45) is 5.73 Å². The third-order valence-electron chi connectivity index (χ3n) is 2.39. The summed E-state index contributed by atoms with van der Waals surface area (Å²) in [4.78, 5) is 3.99. The molecule has 1 aromatic heterocycles. The first kappa shape index (κ1) is 13.1. The molecule has 0 aliphatic carbocycles. The van der Waals surface area contributed by atoms with Crippen molar-refractivity contribution in [1.82, 2.24) is 4.98 Å². The van der Waals surface area contributed by atoms with Gasteiger partial charge in [-0.05, 0) is 18.2 Å². The van der Waals surface area contributed by atoms with Crippen LogP contribution in [-0.2, 0) is 6.61 Å². The molecular weight excluding hydrogens is 243 g/mol. The van der Waals surface area contributed by atoms with Gasteiger partial charge in [-0.3, -0.25) is 4.98 Å². The summed E-state index contributed by atoms with van der Waals surface area (Å²) in [7, 11) is 0. The highest BCUT2D eigenvalue weighted by Crippen LogP contribution is 2.20. The van der Waals surface area contributed by atoms with Gasteiger partial charge >= 0.3 is 0 Å². The molecule has 0 unspecified atom stereocenters. The molecule has 1 aromatic carbocycles. The molecule has 0 aliphatic rings. The second-order valence-electron chi connectivity index (χ2n) is 3.80. The quantitative estimate of drug-likeness (QED) is 0.856. The van der Waals surface area contributed by atoms with Gasteiger partial charge in [0.1, 0.15) is 18.2 Å². The van der Waals surface area contributed by atoms with Crippen LogP contribution in [0.4, 0.5) is 4.39 Å². The summed E-state index contributed by atoms with van der Waals surface area (Å²) in [6.07, 6.45) is 3.38. The van der Waals surface area contributed by atoms with Gasteiger partial charge in [-0.15, -0.1) is 0 Å². The van der Waals surface area contributed by atoms with Gasteiger partial charge in [-0.25, -0.2) is 4.39 Å². The number of rotatable bonds is 3. The normalized spacial score (nSPS) is 9.58. The Morgan fingerprint density at radius 2 is 2.21 bits per heavy atom. The molecule has 0 fully saturated rings. The lowest BCUT2D eigenvalue weighted by Gasteiger charge is -2.08. The number of hydrogen-bond donors (Lipinski definition) is 1. The molecule has 0 radical (unpaired) electrons. The highest BCUT2D eigenvalue weighted by atomic mass is 19.1. The Labute approximate surface area is 111 Å². The number of nitrogens with zero attached hydrogens (tertiary/aromatic N) is 1. The number of pyridine rings is 1. The molecule has 0 atom stereocenters. The average molecular weight is 256 g/mol. The number of ether oxygens (including phenoxy) is 1. The fraction of sp³-hybridized carbons (Fsp3) is 0.133. The number of hydrogen-bond acceptors (Lipinski definition) is 3. The van der Waals surface area contributed by atoms with Gasteiger partial charge in [-0.2, -0.15) is 0 Å². The Morgan fingerprint density at radius 3 is 2.95 bits per heavy atom. The van der Waals surface area contributed by atoms with Crippen LogP contribution in [0.25, 0.3) is 0 Å². The Balaban J connectivity index is 2.16. The molecule has 0 bridgehead atoms. The Kier molecular flexibility index (Phi) is 4.49. The molecule has 0 aliphatic heterocycles. The molecule has 3 nitrogen and oxygen atoms in total. The van der Waals surface area contributed by atoms with Gasteiger partial charge in [-0.1, -0.05) is 17.9 Å². The summed E-state index contributed by atoms with van der Waals surface area (Å²) in [5.41, 5.74) is 6.85. The monoisotopic (exact) mass is 256 g/mol. The second kappa shape index (κ2) is 6.53. The van der Waals surface area contributed by atoms with Gasteiger partial charge in [0.05, 0.1) is 12.1 Å². The molecule has 0 saturated carbocycles. The lowest BCUT2D eigenvalue weighted by molar-refractivity contribution is 0.303. The van der Waals surface area contributed by atoms with Crippen LogP contribution in [0.1, 0.15) is 11.1 Å². The SMILES string of the molecule is NCC#Cc1ccc(F)cc1OCc1cccnc1. The van der Waals surface area contributed by atoms with E-state index in [2.05, 4.69) is 16.8 Å². The van der Waals surface area contributed by atoms with E-state index in [1.807, 2.05) is 12.1 Å². The largest absolute Gasteiger partial charge is 0.487 e. The predicted molar refractivity (Wildman–Crippen MR) is 70.9 cm³/mol. The first-order valence-electron chi connectivity index (χ1n) is 5.80. The predicted octanol–water partition coefficient (Wildman–Crippen LogP) is 2.11. The first-order valence-corrected chi connectivity index (χ1v) is 5.80. The van der Waals surface area contributed by atoms with Crippen LogP contribution < -0.4 is 10.5 Å². The van der Waals surface area contributed by atoms with E-state index in [1.165, 1.54) is 12.1 Å². The van der Waals surface area contributed by atoms with Crippen LogP contribution in [0, 0.1) is 17.7 Å². The van der Waals surface area contributed by atoms with E-state index < -0.39 is 0 Å². The number of benzene rings is 1. The van der Waals surface area contributed by atoms with Crippen LogP contribution in [0.15, 0.2) is 42.7 Å². The van der Waals surface area contributed by atoms with Gasteiger partial charge in [0.15, 0.2) is 0 Å². The third kappa shape index (κ3) is 3.80. The van der Waals surface area contributed by atoms with Crippen molar-refractivity contribution in [3.63, 3.8) is 0 Å². The fourth-order valence-corrected chi connectivity index (χ4v) is 1.51. The van der Waals surface area contributed by atoms with E-state index in [0.717, 1.165) is 5.56 Å². The van der Waals surface area contributed by atoms with Gasteiger partial charge in [0.2, 0.25) is 0 Å². The van der Waals surface area contributed by atoms with Crippen LogP contribution in [0.3, 0.4) is 0 Å². The van der Waals surface area contributed by atoms with Crippen molar-refractivity contribution in [3.05, 3.63) is 59.7 Å². The molecule has 2 rings (SSSR count). The van der Waals surface area contributed by atoms with Crippen molar-refractivity contribution in [2.75, 3.05) is 6.54 Å². The highest BCUT2D eigenvalue weighted by molar-refractivity contribution is 5.46. The van der Waals surface area contributed by atoms with Crippen LogP contribution >= 0.6 is 0 Å². The van der Waals surface area contributed by atoms with Gasteiger partial charge in [0.25, 0.3) is 0 Å². The molecule has 0 saturated heterocycles. The smallest absolute Gasteiger partial charge is 0.138 e. The Bertz CT molecular complexity index is 603.